The first-order valence-corrected chi connectivity index (χ1v) is 10.4. The summed E-state index contributed by atoms with van der Waals surface area (Å²) in [6.07, 6.45) is 4.32. The molecule has 2 atom stereocenters. The molecule has 2 aromatic rings. The van der Waals surface area contributed by atoms with Crippen molar-refractivity contribution in [2.24, 2.45) is 5.92 Å². The fourth-order valence-electron chi connectivity index (χ4n) is 4.20. The molecule has 3 aliphatic rings. The standard InChI is InChI=1S/C24H24N2O4/c27-23(9-6-17-4-2-1-3-5-17)25-10-12-26(13-11-25)24(28)20-15-19(20)18-7-8-21-22(14-18)30-16-29-21/h1-9,14,19-20H,10-13,15-16H2/b9-6+. The zero-order chi connectivity index (χ0) is 20.5. The highest BCUT2D eigenvalue weighted by molar-refractivity contribution is 5.92. The molecule has 0 aromatic heterocycles. The van der Waals surface area contributed by atoms with Crippen LogP contribution in [0.4, 0.5) is 0 Å². The van der Waals surface area contributed by atoms with Crippen LogP contribution >= 0.6 is 0 Å². The van der Waals surface area contributed by atoms with Gasteiger partial charge in [-0.25, -0.2) is 0 Å². The van der Waals surface area contributed by atoms with E-state index in [4.69, 9.17) is 9.47 Å². The average molecular weight is 404 g/mol. The van der Waals surface area contributed by atoms with Gasteiger partial charge in [-0.3, -0.25) is 9.59 Å². The molecule has 2 aliphatic heterocycles. The van der Waals surface area contributed by atoms with Crippen LogP contribution in [0.25, 0.3) is 6.08 Å². The Morgan fingerprint density at radius 2 is 1.63 bits per heavy atom. The smallest absolute Gasteiger partial charge is 0.246 e. The maximum Gasteiger partial charge on any atom is 0.246 e. The molecule has 0 bridgehead atoms. The zero-order valence-corrected chi connectivity index (χ0v) is 16.7. The Morgan fingerprint density at radius 1 is 0.900 bits per heavy atom. The fourth-order valence-corrected chi connectivity index (χ4v) is 4.20. The van der Waals surface area contributed by atoms with E-state index in [9.17, 15) is 9.59 Å². The summed E-state index contributed by atoms with van der Waals surface area (Å²) in [5, 5.41) is 0. The number of amides is 2. The summed E-state index contributed by atoms with van der Waals surface area (Å²) in [5.74, 6) is 2.01. The number of piperazine rings is 1. The SMILES string of the molecule is O=C(/C=C/c1ccccc1)N1CCN(C(=O)C2CC2c2ccc3c(c2)OCO3)CC1. The van der Waals surface area contributed by atoms with Crippen LogP contribution in [0.2, 0.25) is 0 Å². The molecule has 2 aromatic carbocycles. The number of hydrogen-bond acceptors (Lipinski definition) is 4. The number of hydrogen-bond donors (Lipinski definition) is 0. The molecule has 1 saturated carbocycles. The summed E-state index contributed by atoms with van der Waals surface area (Å²) < 4.78 is 10.8. The molecule has 2 amide bonds. The molecule has 154 valence electrons. The summed E-state index contributed by atoms with van der Waals surface area (Å²) in [6.45, 7) is 2.59. The van der Waals surface area contributed by atoms with E-state index in [2.05, 4.69) is 0 Å². The highest BCUT2D eigenvalue weighted by atomic mass is 16.7. The molecule has 2 heterocycles. The van der Waals surface area contributed by atoms with Gasteiger partial charge in [-0.05, 0) is 41.7 Å². The van der Waals surface area contributed by atoms with E-state index in [0.717, 1.165) is 29.0 Å². The number of rotatable bonds is 4. The third-order valence-corrected chi connectivity index (χ3v) is 6.05. The van der Waals surface area contributed by atoms with Gasteiger partial charge in [0.25, 0.3) is 0 Å². The predicted octanol–water partition coefficient (Wildman–Crippen LogP) is 2.90. The van der Waals surface area contributed by atoms with Crippen molar-refractivity contribution < 1.29 is 19.1 Å². The molecule has 6 nitrogen and oxygen atoms in total. The largest absolute Gasteiger partial charge is 0.454 e. The first kappa shape index (κ1) is 18.7. The summed E-state index contributed by atoms with van der Waals surface area (Å²) in [4.78, 5) is 29.1. The van der Waals surface area contributed by atoms with Gasteiger partial charge in [-0.15, -0.1) is 0 Å². The zero-order valence-electron chi connectivity index (χ0n) is 16.7. The van der Waals surface area contributed by atoms with Crippen LogP contribution in [0.3, 0.4) is 0 Å². The molecular formula is C24H24N2O4. The van der Waals surface area contributed by atoms with Gasteiger partial charge >= 0.3 is 0 Å². The van der Waals surface area contributed by atoms with Crippen LogP contribution in [-0.4, -0.2) is 54.6 Å². The molecule has 30 heavy (non-hydrogen) atoms. The van der Waals surface area contributed by atoms with Crippen molar-refractivity contribution in [3.8, 4) is 11.5 Å². The second kappa shape index (κ2) is 7.86. The molecule has 1 saturated heterocycles. The van der Waals surface area contributed by atoms with E-state index in [1.54, 1.807) is 6.08 Å². The Hall–Kier alpha value is -3.28. The lowest BCUT2D eigenvalue weighted by molar-refractivity contribution is -0.138. The molecule has 0 N–H and O–H groups in total. The number of carbonyl (C=O) groups excluding carboxylic acids is 2. The van der Waals surface area contributed by atoms with E-state index in [-0.39, 0.29) is 30.4 Å². The second-order valence-electron chi connectivity index (χ2n) is 7.96. The molecule has 2 fully saturated rings. The summed E-state index contributed by atoms with van der Waals surface area (Å²) >= 11 is 0. The number of fused-ring (bicyclic) bond motifs is 1. The maximum atomic E-state index is 12.9. The van der Waals surface area contributed by atoms with Gasteiger partial charge in [0.05, 0.1) is 0 Å². The minimum atomic E-state index is -0.00406. The summed E-state index contributed by atoms with van der Waals surface area (Å²) in [7, 11) is 0. The molecule has 6 heteroatoms. The van der Waals surface area contributed by atoms with E-state index in [1.165, 1.54) is 0 Å². The highest BCUT2D eigenvalue weighted by Crippen LogP contribution is 2.50. The number of ether oxygens (including phenoxy) is 2. The topological polar surface area (TPSA) is 59.1 Å². The van der Waals surface area contributed by atoms with Gasteiger partial charge in [0.2, 0.25) is 18.6 Å². The average Bonchev–Trinajstić information content (AvgIpc) is 3.46. The van der Waals surface area contributed by atoms with Gasteiger partial charge in [0, 0.05) is 38.2 Å². The van der Waals surface area contributed by atoms with Gasteiger partial charge in [-0.2, -0.15) is 0 Å². The molecular weight excluding hydrogens is 380 g/mol. The van der Waals surface area contributed by atoms with Crippen molar-refractivity contribution in [1.29, 1.82) is 0 Å². The van der Waals surface area contributed by atoms with Gasteiger partial charge < -0.3 is 19.3 Å². The molecule has 5 rings (SSSR count). The van der Waals surface area contributed by atoms with E-state index in [1.807, 2.05) is 64.4 Å². The Balaban J connectivity index is 1.13. The van der Waals surface area contributed by atoms with Crippen LogP contribution in [0.5, 0.6) is 11.5 Å². The maximum absolute atomic E-state index is 12.9. The number of carbonyl (C=O) groups is 2. The van der Waals surface area contributed by atoms with Gasteiger partial charge in [-0.1, -0.05) is 36.4 Å². The van der Waals surface area contributed by atoms with Crippen molar-refractivity contribution >= 4 is 17.9 Å². The van der Waals surface area contributed by atoms with E-state index in [0.29, 0.717) is 26.2 Å². The van der Waals surface area contributed by atoms with Crippen LogP contribution in [0.15, 0.2) is 54.6 Å². The lowest BCUT2D eigenvalue weighted by atomic mass is 10.1. The quantitative estimate of drug-likeness (QED) is 0.736. The lowest BCUT2D eigenvalue weighted by Gasteiger charge is -2.34. The normalized spacial score (nSPS) is 22.4. The van der Waals surface area contributed by atoms with Crippen LogP contribution in [-0.2, 0) is 9.59 Å². The Labute approximate surface area is 175 Å². The van der Waals surface area contributed by atoms with Crippen molar-refractivity contribution in [1.82, 2.24) is 9.80 Å². The summed E-state index contributed by atoms with van der Waals surface area (Å²) in [5.41, 5.74) is 2.14. The van der Waals surface area contributed by atoms with E-state index < -0.39 is 0 Å². The molecule has 1 aliphatic carbocycles. The first-order valence-electron chi connectivity index (χ1n) is 10.4. The van der Waals surface area contributed by atoms with E-state index >= 15 is 0 Å². The second-order valence-corrected chi connectivity index (χ2v) is 7.96. The minimum Gasteiger partial charge on any atom is -0.454 e. The van der Waals surface area contributed by atoms with Gasteiger partial charge in [0.1, 0.15) is 0 Å². The van der Waals surface area contributed by atoms with Crippen LogP contribution in [0.1, 0.15) is 23.5 Å². The highest BCUT2D eigenvalue weighted by Gasteiger charge is 2.46. The third-order valence-electron chi connectivity index (χ3n) is 6.05. The molecule has 2 unspecified atom stereocenters. The van der Waals surface area contributed by atoms with Crippen molar-refractivity contribution in [2.45, 2.75) is 12.3 Å². The fraction of sp³-hybridized carbons (Fsp3) is 0.333. The Bertz CT molecular complexity index is 980. The Kier molecular flexibility index (Phi) is 4.91. The predicted molar refractivity (Wildman–Crippen MR) is 112 cm³/mol. The van der Waals surface area contributed by atoms with Crippen molar-refractivity contribution in [2.75, 3.05) is 33.0 Å². The lowest BCUT2D eigenvalue weighted by Crippen LogP contribution is -2.50. The number of benzene rings is 2. The van der Waals surface area contributed by atoms with Crippen LogP contribution < -0.4 is 9.47 Å². The third kappa shape index (κ3) is 3.77. The summed E-state index contributed by atoms with van der Waals surface area (Å²) in [6, 6.07) is 15.7. The Morgan fingerprint density at radius 3 is 2.43 bits per heavy atom. The van der Waals surface area contributed by atoms with Crippen molar-refractivity contribution in [3.63, 3.8) is 0 Å². The van der Waals surface area contributed by atoms with Gasteiger partial charge in [0.15, 0.2) is 11.5 Å². The molecule has 0 radical (unpaired) electrons. The minimum absolute atomic E-state index is 0.00406. The molecule has 0 spiro atoms. The number of nitrogens with zero attached hydrogens (tertiary/aromatic N) is 2. The first-order chi connectivity index (χ1) is 14.7. The monoisotopic (exact) mass is 404 g/mol. The van der Waals surface area contributed by atoms with Crippen LogP contribution in [0, 0.1) is 5.92 Å². The van der Waals surface area contributed by atoms with Crippen molar-refractivity contribution in [3.05, 3.63) is 65.7 Å².